The molecule has 25 heavy (non-hydrogen) atoms. The standard InChI is InChI=1S/C22H30N2O/c1-6-15(4)22(25)24-21(17-10-8-7-9-11-17)19-16(5)12-13-18(14(2)3)20(19)23-24/h7-11,14-16,18H,6,12-13H2,1-5H3/t15-,16-,18-/m1/s1. The molecule has 1 heterocycles. The van der Waals surface area contributed by atoms with E-state index < -0.39 is 0 Å². The fourth-order valence-corrected chi connectivity index (χ4v) is 3.98. The molecule has 0 saturated heterocycles. The topological polar surface area (TPSA) is 34.9 Å². The predicted molar refractivity (Wildman–Crippen MR) is 103 cm³/mol. The van der Waals surface area contributed by atoms with Crippen LogP contribution in [0.3, 0.4) is 0 Å². The number of aromatic nitrogens is 2. The Morgan fingerprint density at radius 1 is 1.20 bits per heavy atom. The lowest BCUT2D eigenvalue weighted by molar-refractivity contribution is 0.0826. The Morgan fingerprint density at radius 2 is 1.88 bits per heavy atom. The van der Waals surface area contributed by atoms with Crippen molar-refractivity contribution in [1.29, 1.82) is 0 Å². The van der Waals surface area contributed by atoms with Crippen molar-refractivity contribution >= 4 is 5.91 Å². The molecule has 3 rings (SSSR count). The average Bonchev–Trinajstić information content (AvgIpc) is 3.02. The zero-order chi connectivity index (χ0) is 18.1. The summed E-state index contributed by atoms with van der Waals surface area (Å²) in [6.07, 6.45) is 3.16. The lowest BCUT2D eigenvalue weighted by Gasteiger charge is -2.28. The van der Waals surface area contributed by atoms with Crippen molar-refractivity contribution in [2.75, 3.05) is 0 Å². The Morgan fingerprint density at radius 3 is 2.48 bits per heavy atom. The third kappa shape index (κ3) is 3.17. The molecule has 134 valence electrons. The average molecular weight is 338 g/mol. The lowest BCUT2D eigenvalue weighted by Crippen LogP contribution is -2.21. The van der Waals surface area contributed by atoms with Gasteiger partial charge in [0.15, 0.2) is 0 Å². The summed E-state index contributed by atoms with van der Waals surface area (Å²) < 4.78 is 1.73. The zero-order valence-corrected chi connectivity index (χ0v) is 16.1. The van der Waals surface area contributed by atoms with Gasteiger partial charge >= 0.3 is 0 Å². The highest BCUT2D eigenvalue weighted by Gasteiger charge is 2.35. The van der Waals surface area contributed by atoms with Crippen molar-refractivity contribution in [2.45, 2.75) is 65.7 Å². The Hall–Kier alpha value is -1.90. The molecule has 3 atom stereocenters. The second-order valence-corrected chi connectivity index (χ2v) is 7.90. The minimum absolute atomic E-state index is 0.0170. The van der Waals surface area contributed by atoms with E-state index in [4.69, 9.17) is 5.10 Å². The largest absolute Gasteiger partial charge is 0.272 e. The molecular weight excluding hydrogens is 308 g/mol. The van der Waals surface area contributed by atoms with Crippen molar-refractivity contribution in [1.82, 2.24) is 9.78 Å². The molecular formula is C22H30N2O. The van der Waals surface area contributed by atoms with Crippen LogP contribution >= 0.6 is 0 Å². The Labute approximate surface area is 151 Å². The molecule has 0 bridgehead atoms. The fourth-order valence-electron chi connectivity index (χ4n) is 3.98. The van der Waals surface area contributed by atoms with Crippen LogP contribution in [0.15, 0.2) is 30.3 Å². The molecule has 3 nitrogen and oxygen atoms in total. The first-order valence-electron chi connectivity index (χ1n) is 9.68. The van der Waals surface area contributed by atoms with Gasteiger partial charge in [0.05, 0.1) is 11.4 Å². The first-order chi connectivity index (χ1) is 12.0. The van der Waals surface area contributed by atoms with E-state index in [0.29, 0.717) is 17.8 Å². The second kappa shape index (κ2) is 7.15. The normalized spacial score (nSPS) is 21.2. The summed E-state index contributed by atoms with van der Waals surface area (Å²) in [6, 6.07) is 10.3. The zero-order valence-electron chi connectivity index (χ0n) is 16.1. The van der Waals surface area contributed by atoms with Crippen molar-refractivity contribution in [3.05, 3.63) is 41.6 Å². The lowest BCUT2D eigenvalue weighted by atomic mass is 9.75. The predicted octanol–water partition coefficient (Wildman–Crippen LogP) is 5.87. The second-order valence-electron chi connectivity index (χ2n) is 7.90. The Balaban J connectivity index is 2.25. The first kappa shape index (κ1) is 17.9. The molecule has 3 heteroatoms. The van der Waals surface area contributed by atoms with Gasteiger partial charge in [-0.15, -0.1) is 0 Å². The van der Waals surface area contributed by atoms with Crippen LogP contribution in [0.5, 0.6) is 0 Å². The van der Waals surface area contributed by atoms with Crippen LogP contribution in [0.4, 0.5) is 0 Å². The summed E-state index contributed by atoms with van der Waals surface area (Å²) in [4.78, 5) is 13.1. The molecule has 0 amide bonds. The molecule has 0 N–H and O–H groups in total. The highest BCUT2D eigenvalue weighted by atomic mass is 16.2. The maximum absolute atomic E-state index is 13.1. The van der Waals surface area contributed by atoms with E-state index in [1.54, 1.807) is 4.68 Å². The third-order valence-corrected chi connectivity index (χ3v) is 5.80. The van der Waals surface area contributed by atoms with E-state index in [9.17, 15) is 4.79 Å². The molecule has 0 spiro atoms. The summed E-state index contributed by atoms with van der Waals surface area (Å²) in [5.41, 5.74) is 4.58. The molecule has 0 saturated carbocycles. The molecule has 1 aliphatic rings. The van der Waals surface area contributed by atoms with Crippen molar-refractivity contribution in [3.63, 3.8) is 0 Å². The molecule has 1 aliphatic carbocycles. The van der Waals surface area contributed by atoms with E-state index in [0.717, 1.165) is 29.8 Å². The number of rotatable bonds is 4. The van der Waals surface area contributed by atoms with Gasteiger partial charge in [0, 0.05) is 23.0 Å². The maximum Gasteiger partial charge on any atom is 0.250 e. The fraction of sp³-hybridized carbons (Fsp3) is 0.545. The SMILES string of the molecule is CC[C@@H](C)C(=O)n1nc2c(c1-c1ccccc1)[C@H](C)CC[C@@H]2C(C)C. The van der Waals surface area contributed by atoms with E-state index in [1.807, 2.05) is 25.1 Å². The number of hydrogen-bond donors (Lipinski definition) is 0. The highest BCUT2D eigenvalue weighted by molar-refractivity contribution is 5.86. The van der Waals surface area contributed by atoms with Crippen LogP contribution in [0, 0.1) is 11.8 Å². The van der Waals surface area contributed by atoms with E-state index >= 15 is 0 Å². The smallest absolute Gasteiger partial charge is 0.250 e. The van der Waals surface area contributed by atoms with Crippen molar-refractivity contribution in [3.8, 4) is 11.3 Å². The van der Waals surface area contributed by atoms with Gasteiger partial charge in [-0.25, -0.2) is 0 Å². The molecule has 2 aromatic rings. The maximum atomic E-state index is 13.1. The minimum atomic E-state index is -0.0170. The molecule has 1 aromatic heterocycles. The van der Waals surface area contributed by atoms with Gasteiger partial charge in [-0.1, -0.05) is 65.0 Å². The van der Waals surface area contributed by atoms with Gasteiger partial charge in [0.25, 0.3) is 0 Å². The summed E-state index contributed by atoms with van der Waals surface area (Å²) in [5.74, 6) is 1.53. The van der Waals surface area contributed by atoms with Crippen LogP contribution in [0.2, 0.25) is 0 Å². The van der Waals surface area contributed by atoms with Crippen LogP contribution < -0.4 is 0 Å². The third-order valence-electron chi connectivity index (χ3n) is 5.80. The van der Waals surface area contributed by atoms with E-state index in [-0.39, 0.29) is 11.8 Å². The monoisotopic (exact) mass is 338 g/mol. The van der Waals surface area contributed by atoms with Crippen LogP contribution in [0.1, 0.15) is 81.8 Å². The Kier molecular flexibility index (Phi) is 5.12. The minimum Gasteiger partial charge on any atom is -0.272 e. The van der Waals surface area contributed by atoms with E-state index in [1.165, 1.54) is 12.0 Å². The number of hydrogen-bond acceptors (Lipinski definition) is 2. The van der Waals surface area contributed by atoms with Gasteiger partial charge in [-0.2, -0.15) is 9.78 Å². The number of nitrogens with zero attached hydrogens (tertiary/aromatic N) is 2. The summed E-state index contributed by atoms with van der Waals surface area (Å²) in [5, 5.41) is 4.92. The summed E-state index contributed by atoms with van der Waals surface area (Å²) >= 11 is 0. The number of fused-ring (bicyclic) bond motifs is 1. The summed E-state index contributed by atoms with van der Waals surface area (Å²) in [7, 11) is 0. The quantitative estimate of drug-likeness (QED) is 0.698. The first-order valence-corrected chi connectivity index (χ1v) is 9.68. The molecule has 1 aromatic carbocycles. The number of benzene rings is 1. The van der Waals surface area contributed by atoms with Crippen molar-refractivity contribution in [2.24, 2.45) is 11.8 Å². The van der Waals surface area contributed by atoms with Gasteiger partial charge in [0.1, 0.15) is 0 Å². The molecule has 0 unspecified atom stereocenters. The number of carbonyl (C=O) groups excluding carboxylic acids is 1. The summed E-state index contributed by atoms with van der Waals surface area (Å²) in [6.45, 7) is 10.9. The Bertz CT molecular complexity index is 745. The molecule has 0 fully saturated rings. The van der Waals surface area contributed by atoms with E-state index in [2.05, 4.69) is 39.8 Å². The van der Waals surface area contributed by atoms with Gasteiger partial charge in [-0.05, 0) is 31.1 Å². The van der Waals surface area contributed by atoms with Gasteiger partial charge < -0.3 is 0 Å². The number of carbonyl (C=O) groups is 1. The van der Waals surface area contributed by atoms with Crippen LogP contribution in [-0.4, -0.2) is 15.7 Å². The van der Waals surface area contributed by atoms with Crippen LogP contribution in [-0.2, 0) is 0 Å². The van der Waals surface area contributed by atoms with Crippen LogP contribution in [0.25, 0.3) is 11.3 Å². The van der Waals surface area contributed by atoms with Crippen molar-refractivity contribution < 1.29 is 4.79 Å². The van der Waals surface area contributed by atoms with Gasteiger partial charge in [0.2, 0.25) is 5.91 Å². The van der Waals surface area contributed by atoms with Gasteiger partial charge in [-0.3, -0.25) is 4.79 Å². The molecule has 0 aliphatic heterocycles. The highest BCUT2D eigenvalue weighted by Crippen LogP contribution is 2.46. The molecule has 0 radical (unpaired) electrons.